The van der Waals surface area contributed by atoms with Gasteiger partial charge in [0.25, 0.3) is 0 Å². The fourth-order valence-corrected chi connectivity index (χ4v) is 4.68. The first-order chi connectivity index (χ1) is 19.0. The molecule has 0 radical (unpaired) electrons. The maximum atomic E-state index is 10.7. The molecule has 5 N–H and O–H groups in total. The second-order valence-electron chi connectivity index (χ2n) is 11.0. The smallest absolute Gasteiger partial charge is 0.0984 e. The van der Waals surface area contributed by atoms with Crippen molar-refractivity contribution in [2.45, 2.75) is 36.4 Å². The summed E-state index contributed by atoms with van der Waals surface area (Å²) in [7, 11) is 0. The van der Waals surface area contributed by atoms with E-state index in [0.717, 1.165) is 38.4 Å². The van der Waals surface area contributed by atoms with Gasteiger partial charge in [0, 0.05) is 44.1 Å². The number of nitrogens with one attached hydrogen (secondary N) is 1. The summed E-state index contributed by atoms with van der Waals surface area (Å²) in [5, 5.41) is 42.1. The summed E-state index contributed by atoms with van der Waals surface area (Å²) in [6.45, 7) is 4.04. The van der Waals surface area contributed by atoms with Crippen LogP contribution in [0.2, 0.25) is 0 Å². The van der Waals surface area contributed by atoms with Crippen LogP contribution >= 0.6 is 0 Å². The predicted molar refractivity (Wildman–Crippen MR) is 147 cm³/mol. The molecule has 39 heavy (non-hydrogen) atoms. The highest BCUT2D eigenvalue weighted by Crippen LogP contribution is 2.25. The predicted octanol–water partition coefficient (Wildman–Crippen LogP) is -0.247. The van der Waals surface area contributed by atoms with Gasteiger partial charge in [0.1, 0.15) is 0 Å². The van der Waals surface area contributed by atoms with Crippen LogP contribution < -0.4 is 15.1 Å². The van der Waals surface area contributed by atoms with Crippen molar-refractivity contribution in [3.8, 4) is 0 Å². The van der Waals surface area contributed by atoms with E-state index in [1.807, 2.05) is 0 Å². The van der Waals surface area contributed by atoms with Crippen molar-refractivity contribution in [1.82, 2.24) is 5.32 Å². The molecule has 3 aliphatic rings. The summed E-state index contributed by atoms with van der Waals surface area (Å²) in [5.74, 6) is 0. The first-order valence-corrected chi connectivity index (χ1v) is 13.8. The van der Waals surface area contributed by atoms with Crippen LogP contribution in [-0.2, 0) is 20.6 Å². The minimum absolute atomic E-state index is 0.122. The minimum atomic E-state index is -1.22. The van der Waals surface area contributed by atoms with Crippen molar-refractivity contribution >= 4 is 11.4 Å². The van der Waals surface area contributed by atoms with Crippen molar-refractivity contribution in [1.29, 1.82) is 0 Å². The van der Waals surface area contributed by atoms with Crippen molar-refractivity contribution in [3.05, 3.63) is 59.7 Å². The molecule has 3 fully saturated rings. The Balaban J connectivity index is 1.17. The maximum absolute atomic E-state index is 10.7. The van der Waals surface area contributed by atoms with Gasteiger partial charge >= 0.3 is 0 Å². The van der Waals surface area contributed by atoms with E-state index in [4.69, 9.17) is 14.2 Å². The maximum Gasteiger partial charge on any atom is 0.0984 e. The summed E-state index contributed by atoms with van der Waals surface area (Å²) < 4.78 is 16.3. The second kappa shape index (κ2) is 12.9. The number of nitrogens with zero attached hydrogens (tertiary/aromatic N) is 2. The largest absolute Gasteiger partial charge is 0.394 e. The lowest BCUT2D eigenvalue weighted by Gasteiger charge is -2.32. The number of aliphatic hydroxyl groups is 4. The molecule has 4 atom stereocenters. The molecular formula is C29H41N3O7. The Morgan fingerprint density at radius 3 is 1.54 bits per heavy atom. The van der Waals surface area contributed by atoms with Crippen molar-refractivity contribution < 1.29 is 34.6 Å². The SMILES string of the molecule is OCC(CO)(CO)NCC(O)CN(CC1CO1)c1ccc(Cc2ccc(N(CC3CO3)CC3CO3)cc2)cc1. The van der Waals surface area contributed by atoms with Crippen LogP contribution in [0.25, 0.3) is 0 Å². The molecule has 5 rings (SSSR count). The zero-order valence-corrected chi connectivity index (χ0v) is 22.3. The number of aliphatic hydroxyl groups excluding tert-OH is 4. The molecule has 3 heterocycles. The molecule has 0 aromatic heterocycles. The number of anilines is 2. The quantitative estimate of drug-likeness (QED) is 0.160. The van der Waals surface area contributed by atoms with Crippen LogP contribution in [0.4, 0.5) is 11.4 Å². The third-order valence-electron chi connectivity index (χ3n) is 7.54. The molecule has 2 aromatic rings. The van der Waals surface area contributed by atoms with Gasteiger partial charge in [0.2, 0.25) is 0 Å². The summed E-state index contributed by atoms with van der Waals surface area (Å²) >= 11 is 0. The second-order valence-corrected chi connectivity index (χ2v) is 11.0. The van der Waals surface area contributed by atoms with Gasteiger partial charge in [-0.1, -0.05) is 24.3 Å². The van der Waals surface area contributed by atoms with Crippen LogP contribution in [0.15, 0.2) is 48.5 Å². The Morgan fingerprint density at radius 1 is 0.718 bits per heavy atom. The Kier molecular flexibility index (Phi) is 9.36. The molecule has 0 amide bonds. The highest BCUT2D eigenvalue weighted by atomic mass is 16.6. The zero-order valence-electron chi connectivity index (χ0n) is 22.3. The lowest BCUT2D eigenvalue weighted by Crippen LogP contribution is -2.57. The first-order valence-electron chi connectivity index (χ1n) is 13.8. The Labute approximate surface area is 229 Å². The van der Waals surface area contributed by atoms with Crippen LogP contribution in [0.1, 0.15) is 11.1 Å². The average Bonchev–Trinajstić information content (AvgIpc) is 3.80. The molecule has 4 unspecified atom stereocenters. The number of hydrogen-bond acceptors (Lipinski definition) is 10. The lowest BCUT2D eigenvalue weighted by molar-refractivity contribution is 0.0330. The Bertz CT molecular complexity index is 1000. The van der Waals surface area contributed by atoms with Crippen LogP contribution in [0, 0.1) is 0 Å². The van der Waals surface area contributed by atoms with E-state index < -0.39 is 31.5 Å². The lowest BCUT2D eigenvalue weighted by atomic mass is 10.0. The van der Waals surface area contributed by atoms with Gasteiger partial charge in [-0.15, -0.1) is 0 Å². The van der Waals surface area contributed by atoms with E-state index in [9.17, 15) is 20.4 Å². The van der Waals surface area contributed by atoms with Crippen LogP contribution in [-0.4, -0.2) is 123 Å². The van der Waals surface area contributed by atoms with Crippen LogP contribution in [0.5, 0.6) is 0 Å². The van der Waals surface area contributed by atoms with Gasteiger partial charge in [-0.2, -0.15) is 0 Å². The van der Waals surface area contributed by atoms with Crippen molar-refractivity contribution in [2.75, 3.05) is 82.2 Å². The molecule has 0 bridgehead atoms. The van der Waals surface area contributed by atoms with Crippen molar-refractivity contribution in [3.63, 3.8) is 0 Å². The van der Waals surface area contributed by atoms with Gasteiger partial charge < -0.3 is 49.8 Å². The fraction of sp³-hybridized carbons (Fsp3) is 0.586. The number of epoxide rings is 3. The third kappa shape index (κ3) is 8.36. The van der Waals surface area contributed by atoms with E-state index in [-0.39, 0.29) is 12.6 Å². The van der Waals surface area contributed by atoms with E-state index in [1.165, 1.54) is 16.8 Å². The molecular weight excluding hydrogens is 502 g/mol. The molecule has 0 saturated carbocycles. The molecule has 214 valence electrons. The highest BCUT2D eigenvalue weighted by Gasteiger charge is 2.32. The fourth-order valence-electron chi connectivity index (χ4n) is 4.68. The number of ether oxygens (including phenoxy) is 3. The molecule has 0 spiro atoms. The monoisotopic (exact) mass is 543 g/mol. The summed E-state index contributed by atoms with van der Waals surface area (Å²) in [4.78, 5) is 4.44. The number of rotatable bonds is 18. The van der Waals surface area contributed by atoms with Gasteiger partial charge in [-0.3, -0.25) is 0 Å². The topological polar surface area (TPSA) is 137 Å². The standard InChI is InChI=1S/C29H41N3O7/c33-18-29(19-34,20-35)30-10-25(36)11-31(12-26-15-37-26)23-5-1-21(2-6-23)9-22-3-7-24(8-4-22)32(13-27-16-38-27)14-28-17-39-28/h1-8,25-28,30,33-36H,9-20H2. The first kappa shape index (κ1) is 28.3. The highest BCUT2D eigenvalue weighted by molar-refractivity contribution is 5.51. The zero-order chi connectivity index (χ0) is 27.2. The average molecular weight is 544 g/mol. The molecule has 10 heteroatoms. The number of benzene rings is 2. The third-order valence-corrected chi connectivity index (χ3v) is 7.54. The summed E-state index contributed by atoms with van der Waals surface area (Å²) in [6, 6.07) is 17.1. The van der Waals surface area contributed by atoms with Crippen molar-refractivity contribution in [2.24, 2.45) is 0 Å². The van der Waals surface area contributed by atoms with E-state index >= 15 is 0 Å². The molecule has 3 saturated heterocycles. The van der Waals surface area contributed by atoms with E-state index in [2.05, 4.69) is 63.6 Å². The van der Waals surface area contributed by atoms with Gasteiger partial charge in [0.05, 0.1) is 69.6 Å². The Hall–Kier alpha value is -2.28. The summed E-state index contributed by atoms with van der Waals surface area (Å²) in [6.07, 6.45) is 0.860. The van der Waals surface area contributed by atoms with Crippen LogP contribution in [0.3, 0.4) is 0 Å². The number of hydrogen-bond donors (Lipinski definition) is 5. The van der Waals surface area contributed by atoms with E-state index in [0.29, 0.717) is 31.9 Å². The Morgan fingerprint density at radius 2 is 1.13 bits per heavy atom. The normalized spacial score (nSPS) is 22.4. The molecule has 2 aromatic carbocycles. The van der Waals surface area contributed by atoms with Gasteiger partial charge in [-0.05, 0) is 41.8 Å². The minimum Gasteiger partial charge on any atom is -0.394 e. The molecule has 0 aliphatic carbocycles. The molecule has 3 aliphatic heterocycles. The number of β-amino-alcohol motifs (C(OH)–C–C–N with tert-alkyl or cyclic N) is 1. The molecule has 10 nitrogen and oxygen atoms in total. The van der Waals surface area contributed by atoms with Gasteiger partial charge in [0.15, 0.2) is 0 Å². The van der Waals surface area contributed by atoms with Gasteiger partial charge in [-0.25, -0.2) is 0 Å². The van der Waals surface area contributed by atoms with E-state index in [1.54, 1.807) is 0 Å². The summed E-state index contributed by atoms with van der Waals surface area (Å²) in [5.41, 5.74) is 3.40.